The van der Waals surface area contributed by atoms with Crippen molar-refractivity contribution in [2.75, 3.05) is 11.9 Å². The van der Waals surface area contributed by atoms with E-state index in [1.54, 1.807) is 11.8 Å². The Morgan fingerprint density at radius 2 is 1.61 bits per heavy atom. The lowest BCUT2D eigenvalue weighted by atomic mass is 10.3. The summed E-state index contributed by atoms with van der Waals surface area (Å²) < 4.78 is 0. The second-order valence-electron chi connectivity index (χ2n) is 3.69. The molecule has 0 saturated carbocycles. The van der Waals surface area contributed by atoms with E-state index in [9.17, 15) is 4.79 Å². The Labute approximate surface area is 110 Å². The van der Waals surface area contributed by atoms with E-state index in [0.717, 1.165) is 10.6 Å². The lowest BCUT2D eigenvalue weighted by Crippen LogP contribution is -2.21. The number of anilines is 1. The van der Waals surface area contributed by atoms with E-state index >= 15 is 0 Å². The van der Waals surface area contributed by atoms with E-state index in [-0.39, 0.29) is 12.5 Å². The molecular formula is C14H14N2OS. The molecule has 0 unspecified atom stereocenters. The van der Waals surface area contributed by atoms with Crippen molar-refractivity contribution in [3.63, 3.8) is 0 Å². The van der Waals surface area contributed by atoms with Crippen molar-refractivity contribution in [1.29, 1.82) is 0 Å². The quantitative estimate of drug-likeness (QED) is 0.886. The molecule has 0 aliphatic heterocycles. The van der Waals surface area contributed by atoms with E-state index in [0.29, 0.717) is 0 Å². The van der Waals surface area contributed by atoms with Gasteiger partial charge in [0.2, 0.25) is 5.91 Å². The molecule has 4 heteroatoms. The monoisotopic (exact) mass is 258 g/mol. The van der Waals surface area contributed by atoms with Gasteiger partial charge in [-0.25, -0.2) is 0 Å². The number of nitrogens with two attached hydrogens (primary N) is 1. The number of hydrogen-bond acceptors (Lipinski definition) is 3. The second-order valence-corrected chi connectivity index (χ2v) is 4.84. The summed E-state index contributed by atoms with van der Waals surface area (Å²) in [5.41, 5.74) is 6.00. The van der Waals surface area contributed by atoms with Gasteiger partial charge in [0.25, 0.3) is 0 Å². The van der Waals surface area contributed by atoms with Gasteiger partial charge in [0.1, 0.15) is 0 Å². The van der Waals surface area contributed by atoms with Crippen LogP contribution in [0.25, 0.3) is 0 Å². The van der Waals surface area contributed by atoms with Crippen molar-refractivity contribution in [2.24, 2.45) is 5.73 Å². The molecule has 0 radical (unpaired) electrons. The third-order valence-electron chi connectivity index (χ3n) is 2.30. The first-order valence-corrected chi connectivity index (χ1v) is 6.42. The highest BCUT2D eigenvalue weighted by molar-refractivity contribution is 7.99. The minimum absolute atomic E-state index is 0.000513. The van der Waals surface area contributed by atoms with Crippen molar-refractivity contribution >= 4 is 23.4 Å². The minimum Gasteiger partial charge on any atom is -0.325 e. The lowest BCUT2D eigenvalue weighted by molar-refractivity contribution is -0.114. The molecule has 0 aliphatic carbocycles. The van der Waals surface area contributed by atoms with Gasteiger partial charge in [-0.1, -0.05) is 30.0 Å². The highest BCUT2D eigenvalue weighted by atomic mass is 32.2. The van der Waals surface area contributed by atoms with Gasteiger partial charge in [-0.05, 0) is 36.4 Å². The summed E-state index contributed by atoms with van der Waals surface area (Å²) >= 11 is 1.68. The first-order chi connectivity index (χ1) is 8.78. The summed E-state index contributed by atoms with van der Waals surface area (Å²) in [5.74, 6) is -0.182. The van der Waals surface area contributed by atoms with E-state index in [1.165, 1.54) is 4.90 Å². The number of hydrogen-bond donors (Lipinski definition) is 2. The Hall–Kier alpha value is -1.78. The fourth-order valence-corrected chi connectivity index (χ4v) is 2.28. The zero-order chi connectivity index (χ0) is 12.8. The van der Waals surface area contributed by atoms with Crippen molar-refractivity contribution in [3.8, 4) is 0 Å². The normalized spacial score (nSPS) is 10.1. The summed E-state index contributed by atoms with van der Waals surface area (Å²) in [5, 5.41) is 2.71. The second kappa shape index (κ2) is 6.23. The maximum atomic E-state index is 11.1. The number of rotatable bonds is 4. The van der Waals surface area contributed by atoms with Crippen LogP contribution in [0.3, 0.4) is 0 Å². The molecule has 0 heterocycles. The van der Waals surface area contributed by atoms with Crippen LogP contribution in [-0.4, -0.2) is 12.5 Å². The molecule has 3 nitrogen and oxygen atoms in total. The lowest BCUT2D eigenvalue weighted by Gasteiger charge is -2.05. The summed E-state index contributed by atoms with van der Waals surface area (Å²) in [4.78, 5) is 13.4. The van der Waals surface area contributed by atoms with Crippen LogP contribution in [0.4, 0.5) is 5.69 Å². The molecule has 2 aromatic carbocycles. The van der Waals surface area contributed by atoms with Crippen molar-refractivity contribution in [2.45, 2.75) is 9.79 Å². The molecule has 2 aromatic rings. The smallest absolute Gasteiger partial charge is 0.238 e. The molecule has 3 N–H and O–H groups in total. The van der Waals surface area contributed by atoms with E-state index in [2.05, 4.69) is 17.4 Å². The highest BCUT2D eigenvalue weighted by Crippen LogP contribution is 2.28. The van der Waals surface area contributed by atoms with Crippen LogP contribution < -0.4 is 11.1 Å². The minimum atomic E-state index is -0.182. The predicted molar refractivity (Wildman–Crippen MR) is 74.7 cm³/mol. The Morgan fingerprint density at radius 1 is 1.00 bits per heavy atom. The zero-order valence-corrected chi connectivity index (χ0v) is 10.6. The van der Waals surface area contributed by atoms with Gasteiger partial charge >= 0.3 is 0 Å². The molecule has 0 atom stereocenters. The predicted octanol–water partition coefficient (Wildman–Crippen LogP) is 2.74. The third kappa shape index (κ3) is 3.61. The summed E-state index contributed by atoms with van der Waals surface area (Å²) in [6.07, 6.45) is 0. The van der Waals surface area contributed by atoms with Gasteiger partial charge in [0.05, 0.1) is 6.54 Å². The van der Waals surface area contributed by atoms with Gasteiger partial charge in [0.15, 0.2) is 0 Å². The first kappa shape index (κ1) is 12.7. The molecule has 92 valence electrons. The van der Waals surface area contributed by atoms with Crippen molar-refractivity contribution < 1.29 is 4.79 Å². The molecule has 0 fully saturated rings. The Bertz CT molecular complexity index is 511. The maximum absolute atomic E-state index is 11.1. The summed E-state index contributed by atoms with van der Waals surface area (Å²) in [7, 11) is 0. The molecular weight excluding hydrogens is 244 g/mol. The Balaban J connectivity index is 2.02. The molecule has 0 bridgehead atoms. The number of carbonyl (C=O) groups is 1. The highest BCUT2D eigenvalue weighted by Gasteiger charge is 2.00. The number of amides is 1. The summed E-state index contributed by atoms with van der Waals surface area (Å²) in [6.45, 7) is 0.000513. The zero-order valence-electron chi connectivity index (χ0n) is 9.80. The maximum Gasteiger partial charge on any atom is 0.238 e. The molecule has 2 rings (SSSR count). The average Bonchev–Trinajstić information content (AvgIpc) is 2.42. The topological polar surface area (TPSA) is 55.1 Å². The van der Waals surface area contributed by atoms with Gasteiger partial charge < -0.3 is 11.1 Å². The van der Waals surface area contributed by atoms with Gasteiger partial charge in [-0.2, -0.15) is 0 Å². The van der Waals surface area contributed by atoms with Gasteiger partial charge in [0, 0.05) is 15.5 Å². The van der Waals surface area contributed by atoms with E-state index in [4.69, 9.17) is 5.73 Å². The fourth-order valence-electron chi connectivity index (χ4n) is 1.44. The molecule has 0 aromatic heterocycles. The van der Waals surface area contributed by atoms with Gasteiger partial charge in [-0.3, -0.25) is 4.79 Å². The van der Waals surface area contributed by atoms with E-state index < -0.39 is 0 Å². The number of nitrogens with one attached hydrogen (secondary N) is 1. The van der Waals surface area contributed by atoms with Crippen LogP contribution in [0, 0.1) is 0 Å². The van der Waals surface area contributed by atoms with Crippen LogP contribution in [0.2, 0.25) is 0 Å². The third-order valence-corrected chi connectivity index (χ3v) is 3.32. The average molecular weight is 258 g/mol. The van der Waals surface area contributed by atoms with Crippen LogP contribution in [-0.2, 0) is 4.79 Å². The molecule has 18 heavy (non-hydrogen) atoms. The Morgan fingerprint density at radius 3 is 2.22 bits per heavy atom. The molecule has 0 saturated heterocycles. The molecule has 0 aliphatic rings. The first-order valence-electron chi connectivity index (χ1n) is 5.61. The molecule has 1 amide bonds. The van der Waals surface area contributed by atoms with Crippen molar-refractivity contribution in [1.82, 2.24) is 0 Å². The standard InChI is InChI=1S/C14H14N2OS/c15-10-14(17)16-11-6-8-13(9-7-11)18-12-4-2-1-3-5-12/h1-9H,10,15H2,(H,16,17). The van der Waals surface area contributed by atoms with Crippen molar-refractivity contribution in [3.05, 3.63) is 54.6 Å². The largest absolute Gasteiger partial charge is 0.325 e. The SMILES string of the molecule is NCC(=O)Nc1ccc(Sc2ccccc2)cc1. The van der Waals surface area contributed by atoms with E-state index in [1.807, 2.05) is 42.5 Å². The van der Waals surface area contributed by atoms with Gasteiger partial charge in [-0.15, -0.1) is 0 Å². The Kier molecular flexibility index (Phi) is 4.39. The number of carbonyl (C=O) groups excluding carboxylic acids is 1. The number of benzene rings is 2. The summed E-state index contributed by atoms with van der Waals surface area (Å²) in [6, 6.07) is 17.8. The van der Waals surface area contributed by atoms with Crippen LogP contribution in [0.15, 0.2) is 64.4 Å². The fraction of sp³-hybridized carbons (Fsp3) is 0.0714. The van der Waals surface area contributed by atoms with Crippen LogP contribution in [0.5, 0.6) is 0 Å². The molecule has 0 spiro atoms. The van der Waals surface area contributed by atoms with Crippen LogP contribution in [0.1, 0.15) is 0 Å². The van der Waals surface area contributed by atoms with Crippen LogP contribution >= 0.6 is 11.8 Å².